The quantitative estimate of drug-likeness (QED) is 0.519. The number of thiol groups is 1. The number of thiocarbonyl (C=S) groups is 1. The summed E-state index contributed by atoms with van der Waals surface area (Å²) in [5.74, 6) is 0. The Balaban J connectivity index is 2.69. The van der Waals surface area contributed by atoms with E-state index in [2.05, 4.69) is 24.9 Å². The van der Waals surface area contributed by atoms with Gasteiger partial charge in [0.2, 0.25) is 0 Å². The molecule has 0 amide bonds. The zero-order valence-electron chi connectivity index (χ0n) is 6.68. The minimum atomic E-state index is 0.762. The van der Waals surface area contributed by atoms with Crippen molar-refractivity contribution in [3.8, 4) is 0 Å². The van der Waals surface area contributed by atoms with Crippen LogP contribution in [0.25, 0.3) is 0 Å². The van der Waals surface area contributed by atoms with Crippen molar-refractivity contribution in [3.63, 3.8) is 0 Å². The second-order valence-electron chi connectivity index (χ2n) is 2.65. The van der Waals surface area contributed by atoms with Crippen LogP contribution in [0.4, 0.5) is 0 Å². The van der Waals surface area contributed by atoms with Crippen LogP contribution >= 0.6 is 24.8 Å². The summed E-state index contributed by atoms with van der Waals surface area (Å²) < 4.78 is 0.762. The largest absolute Gasteiger partial charge is 0.388 e. The molecule has 11 heavy (non-hydrogen) atoms. The van der Waals surface area contributed by atoms with Gasteiger partial charge in [0.15, 0.2) is 0 Å². The fourth-order valence-electron chi connectivity index (χ4n) is 1.39. The molecule has 1 N–H and O–H groups in total. The smallest absolute Gasteiger partial charge is 0.0724 e. The zero-order chi connectivity index (χ0) is 8.27. The molecule has 1 rings (SSSR count). The van der Waals surface area contributed by atoms with E-state index in [0.717, 1.165) is 23.6 Å². The molecular weight excluding hydrogens is 174 g/mol. The first-order valence-corrected chi connectivity index (χ1v) is 4.80. The van der Waals surface area contributed by atoms with Crippen molar-refractivity contribution in [1.82, 2.24) is 5.32 Å². The van der Waals surface area contributed by atoms with Gasteiger partial charge in [-0.3, -0.25) is 0 Å². The summed E-state index contributed by atoms with van der Waals surface area (Å²) in [6.07, 6.45) is 3.47. The van der Waals surface area contributed by atoms with Gasteiger partial charge in [-0.2, -0.15) is 0 Å². The highest BCUT2D eigenvalue weighted by Gasteiger charge is 2.14. The second-order valence-corrected chi connectivity index (χ2v) is 3.80. The van der Waals surface area contributed by atoms with E-state index in [-0.39, 0.29) is 0 Å². The number of nitrogens with one attached hydrogen (secondary N) is 1. The van der Waals surface area contributed by atoms with Crippen molar-refractivity contribution in [3.05, 3.63) is 11.3 Å². The fraction of sp³-hybridized carbons (Fsp3) is 0.625. The molecule has 0 aliphatic heterocycles. The third-order valence-electron chi connectivity index (χ3n) is 1.87. The Morgan fingerprint density at radius 1 is 1.64 bits per heavy atom. The minimum Gasteiger partial charge on any atom is -0.388 e. The topological polar surface area (TPSA) is 12.0 Å². The molecule has 1 aliphatic rings. The SMILES string of the molecule is CCNC1=C(C(=S)S)CCC1. The molecule has 0 bridgehead atoms. The van der Waals surface area contributed by atoms with Crippen molar-refractivity contribution < 1.29 is 0 Å². The Bertz CT molecular complexity index is 196. The lowest BCUT2D eigenvalue weighted by Crippen LogP contribution is -2.12. The molecule has 62 valence electrons. The first-order valence-electron chi connectivity index (χ1n) is 3.95. The van der Waals surface area contributed by atoms with Crippen LogP contribution in [0.3, 0.4) is 0 Å². The monoisotopic (exact) mass is 187 g/mol. The van der Waals surface area contributed by atoms with Gasteiger partial charge in [-0.05, 0) is 31.8 Å². The third-order valence-corrected chi connectivity index (χ3v) is 2.38. The summed E-state index contributed by atoms with van der Waals surface area (Å²) >= 11 is 9.19. The highest BCUT2D eigenvalue weighted by atomic mass is 32.1. The van der Waals surface area contributed by atoms with Crippen LogP contribution in [0.15, 0.2) is 11.3 Å². The van der Waals surface area contributed by atoms with Gasteiger partial charge in [0.1, 0.15) is 0 Å². The maximum Gasteiger partial charge on any atom is 0.0724 e. The van der Waals surface area contributed by atoms with Crippen LogP contribution < -0.4 is 5.32 Å². The molecule has 1 aliphatic carbocycles. The van der Waals surface area contributed by atoms with Crippen molar-refractivity contribution >= 4 is 29.0 Å². The van der Waals surface area contributed by atoms with E-state index < -0.39 is 0 Å². The molecule has 0 atom stereocenters. The molecule has 0 aromatic rings. The van der Waals surface area contributed by atoms with Crippen LogP contribution in [0.2, 0.25) is 0 Å². The minimum absolute atomic E-state index is 0.762. The number of hydrogen-bond acceptors (Lipinski definition) is 2. The van der Waals surface area contributed by atoms with Crippen molar-refractivity contribution in [2.75, 3.05) is 6.54 Å². The summed E-state index contributed by atoms with van der Waals surface area (Å²) in [6, 6.07) is 0. The predicted molar refractivity (Wildman–Crippen MR) is 56.1 cm³/mol. The molecule has 0 saturated heterocycles. The van der Waals surface area contributed by atoms with Gasteiger partial charge in [0, 0.05) is 12.2 Å². The van der Waals surface area contributed by atoms with Gasteiger partial charge in [0.05, 0.1) is 4.20 Å². The van der Waals surface area contributed by atoms with Gasteiger partial charge in [-0.25, -0.2) is 0 Å². The highest BCUT2D eigenvalue weighted by molar-refractivity contribution is 8.11. The summed E-state index contributed by atoms with van der Waals surface area (Å²) in [7, 11) is 0. The number of rotatable bonds is 3. The molecule has 0 radical (unpaired) electrons. The van der Waals surface area contributed by atoms with E-state index in [0.29, 0.717) is 0 Å². The standard InChI is InChI=1S/C8H13NS2/c1-2-9-7-5-3-4-6(7)8(10)11/h9H,2-5H2,1H3,(H,10,11). The van der Waals surface area contributed by atoms with Gasteiger partial charge in [0.25, 0.3) is 0 Å². The van der Waals surface area contributed by atoms with Crippen molar-refractivity contribution in [2.24, 2.45) is 0 Å². The Labute approximate surface area is 78.7 Å². The lowest BCUT2D eigenvalue weighted by atomic mass is 10.2. The van der Waals surface area contributed by atoms with Crippen LogP contribution in [-0.2, 0) is 0 Å². The van der Waals surface area contributed by atoms with E-state index in [4.69, 9.17) is 12.2 Å². The van der Waals surface area contributed by atoms with E-state index in [1.807, 2.05) is 0 Å². The molecule has 0 aromatic carbocycles. The summed E-state index contributed by atoms with van der Waals surface area (Å²) in [6.45, 7) is 3.08. The predicted octanol–water partition coefficient (Wildman–Crippen LogP) is 2.29. The molecule has 0 unspecified atom stereocenters. The maximum absolute atomic E-state index is 5.01. The Hall–Kier alpha value is -0.0200. The molecule has 0 fully saturated rings. The third kappa shape index (κ3) is 2.20. The van der Waals surface area contributed by atoms with Crippen LogP contribution in [0, 0.1) is 0 Å². The van der Waals surface area contributed by atoms with Crippen molar-refractivity contribution in [2.45, 2.75) is 26.2 Å². The zero-order valence-corrected chi connectivity index (χ0v) is 8.39. The van der Waals surface area contributed by atoms with Gasteiger partial charge < -0.3 is 5.32 Å². The summed E-state index contributed by atoms with van der Waals surface area (Å²) in [5, 5.41) is 3.32. The molecular formula is C8H13NS2. The first kappa shape index (κ1) is 9.07. The average molecular weight is 187 g/mol. The van der Waals surface area contributed by atoms with Crippen LogP contribution in [0.1, 0.15) is 26.2 Å². The van der Waals surface area contributed by atoms with Crippen molar-refractivity contribution in [1.29, 1.82) is 0 Å². The normalized spacial score (nSPS) is 17.3. The molecule has 1 nitrogen and oxygen atoms in total. The Morgan fingerprint density at radius 3 is 2.91 bits per heavy atom. The van der Waals surface area contributed by atoms with E-state index in [9.17, 15) is 0 Å². The second kappa shape index (κ2) is 4.12. The molecule has 0 saturated carbocycles. The van der Waals surface area contributed by atoms with E-state index in [1.165, 1.54) is 17.7 Å². The highest BCUT2D eigenvalue weighted by Crippen LogP contribution is 2.26. The molecule has 0 spiro atoms. The number of allylic oxidation sites excluding steroid dienone is 1. The van der Waals surface area contributed by atoms with Gasteiger partial charge >= 0.3 is 0 Å². The summed E-state index contributed by atoms with van der Waals surface area (Å²) in [4.78, 5) is 0. The molecule has 0 heterocycles. The fourth-order valence-corrected chi connectivity index (χ4v) is 1.86. The van der Waals surface area contributed by atoms with Gasteiger partial charge in [-0.1, -0.05) is 12.2 Å². The van der Waals surface area contributed by atoms with Crippen LogP contribution in [-0.4, -0.2) is 10.7 Å². The number of hydrogen-bond donors (Lipinski definition) is 2. The lowest BCUT2D eigenvalue weighted by Gasteiger charge is -2.06. The summed E-state index contributed by atoms with van der Waals surface area (Å²) in [5.41, 5.74) is 2.57. The van der Waals surface area contributed by atoms with Gasteiger partial charge in [-0.15, -0.1) is 12.6 Å². The average Bonchev–Trinajstić information content (AvgIpc) is 2.36. The Morgan fingerprint density at radius 2 is 2.36 bits per heavy atom. The van der Waals surface area contributed by atoms with E-state index >= 15 is 0 Å². The molecule has 3 heteroatoms. The Kier molecular flexibility index (Phi) is 3.40. The van der Waals surface area contributed by atoms with Crippen LogP contribution in [0.5, 0.6) is 0 Å². The maximum atomic E-state index is 5.01. The lowest BCUT2D eigenvalue weighted by molar-refractivity contribution is 0.789. The molecule has 0 aromatic heterocycles. The first-order chi connectivity index (χ1) is 5.25. The van der Waals surface area contributed by atoms with E-state index in [1.54, 1.807) is 0 Å².